The van der Waals surface area contributed by atoms with Crippen molar-refractivity contribution in [3.8, 4) is 11.5 Å². The number of hydrogen-bond donors (Lipinski definition) is 2. The van der Waals surface area contributed by atoms with E-state index in [0.717, 1.165) is 61.4 Å². The van der Waals surface area contributed by atoms with Crippen LogP contribution in [0, 0.1) is 12.2 Å². The maximum atomic E-state index is 11.8. The fraction of sp³-hybridized carbons (Fsp3) is 0.167. The van der Waals surface area contributed by atoms with Crippen molar-refractivity contribution >= 4 is 0 Å². The smallest absolute Gasteiger partial charge is 0.508 e. The normalized spacial score (nSPS) is 13.0. The Labute approximate surface area is 207 Å². The Morgan fingerprint density at radius 1 is 0.576 bits per heavy atom. The maximum absolute atomic E-state index is 11.8. The molecule has 33 heavy (non-hydrogen) atoms. The molecule has 0 atom stereocenters. The average molecular weight is 546 g/mol. The van der Waals surface area contributed by atoms with E-state index in [1.54, 1.807) is 0 Å². The molecule has 2 N–H and O–H groups in total. The van der Waals surface area contributed by atoms with Crippen molar-refractivity contribution in [2.75, 3.05) is 0 Å². The van der Waals surface area contributed by atoms with Crippen LogP contribution in [0.5, 0.6) is 11.5 Å². The first-order valence-corrected chi connectivity index (χ1v) is 9.16. The van der Waals surface area contributed by atoms with E-state index in [1.807, 2.05) is 24.3 Å². The first kappa shape index (κ1) is 30.5. The number of allylic oxidation sites excluding steroid dienone is 8. The predicted octanol–water partition coefficient (Wildman–Crippen LogP) is 7.43. The van der Waals surface area contributed by atoms with Crippen molar-refractivity contribution in [1.29, 1.82) is 0 Å². The zero-order chi connectivity index (χ0) is 24.0. The Morgan fingerprint density at radius 3 is 1.03 bits per heavy atom. The molecule has 2 aromatic carbocycles. The molecule has 0 amide bonds. The Kier molecular flexibility index (Phi) is 14.1. The van der Waals surface area contributed by atoms with Crippen molar-refractivity contribution in [3.63, 3.8) is 0 Å². The second kappa shape index (κ2) is 15.3. The van der Waals surface area contributed by atoms with Gasteiger partial charge in [0.05, 0.1) is 11.1 Å². The summed E-state index contributed by atoms with van der Waals surface area (Å²) in [7, 11) is 0. The number of phenolic OH excluding ortho intramolecular Hbond substituents is 2. The Hall–Kier alpha value is -2.54. The first-order valence-electron chi connectivity index (χ1n) is 9.16. The molecule has 9 heteroatoms. The third-order valence-corrected chi connectivity index (χ3v) is 3.56. The minimum absolute atomic E-state index is 0. The van der Waals surface area contributed by atoms with Crippen LogP contribution in [0.25, 0.3) is 0 Å². The van der Waals surface area contributed by atoms with Crippen molar-refractivity contribution in [2.24, 2.45) is 0 Å². The molecule has 2 aliphatic carbocycles. The van der Waals surface area contributed by atoms with E-state index in [1.165, 1.54) is 0 Å². The summed E-state index contributed by atoms with van der Waals surface area (Å²) in [5.41, 5.74) is -1.51. The van der Waals surface area contributed by atoms with Crippen LogP contribution in [0.15, 0.2) is 85.0 Å². The zero-order valence-electron chi connectivity index (χ0n) is 17.2. The van der Waals surface area contributed by atoms with Gasteiger partial charge in [0.25, 0.3) is 0 Å². The Balaban J connectivity index is 0.000000434. The number of rotatable bonds is 0. The van der Waals surface area contributed by atoms with Gasteiger partial charge < -0.3 is 10.2 Å². The molecular weight excluding hydrogens is 525 g/mol. The van der Waals surface area contributed by atoms with Gasteiger partial charge in [-0.1, -0.05) is 0 Å². The SMILES string of the molecule is Oc1ccc(C(F)(F)F)cc1.Oc1ccc(C(F)(F)F)cc1.[C-]1=CC=CC1.[C-]1=CC=CC1.[Zr+2]. The third-order valence-electron chi connectivity index (χ3n) is 3.56. The number of halogens is 6. The topological polar surface area (TPSA) is 40.5 Å². The summed E-state index contributed by atoms with van der Waals surface area (Å²) in [5, 5.41) is 17.3. The summed E-state index contributed by atoms with van der Waals surface area (Å²) in [6.07, 6.45) is 11.3. The molecule has 2 nitrogen and oxygen atoms in total. The molecule has 0 aliphatic heterocycles. The summed E-state index contributed by atoms with van der Waals surface area (Å²) in [6.45, 7) is 0. The minimum atomic E-state index is -4.33. The standard InChI is InChI=1S/2C7H5F3O.2C5H5.Zr/c2*8-7(9,10)5-1-3-6(11)4-2-5;2*1-2-4-5-3-1;/h2*1-4,11H;2*1-3H,4H2;/q;;2*-1;+2. The predicted molar refractivity (Wildman–Crippen MR) is 109 cm³/mol. The van der Waals surface area contributed by atoms with E-state index in [9.17, 15) is 26.3 Å². The van der Waals surface area contributed by atoms with Crippen LogP contribution < -0.4 is 0 Å². The molecule has 0 aromatic heterocycles. The van der Waals surface area contributed by atoms with Gasteiger partial charge in [-0.3, -0.25) is 12.2 Å². The van der Waals surface area contributed by atoms with Gasteiger partial charge in [0, 0.05) is 0 Å². The summed E-state index contributed by atoms with van der Waals surface area (Å²) in [5.74, 6) is -0.337. The van der Waals surface area contributed by atoms with E-state index >= 15 is 0 Å². The molecule has 0 spiro atoms. The van der Waals surface area contributed by atoms with Crippen molar-refractivity contribution in [2.45, 2.75) is 25.2 Å². The van der Waals surface area contributed by atoms with Gasteiger partial charge in [-0.15, -0.1) is 12.8 Å². The van der Waals surface area contributed by atoms with Gasteiger partial charge in [-0.25, -0.2) is 24.3 Å². The minimum Gasteiger partial charge on any atom is -0.508 e. The van der Waals surface area contributed by atoms with Crippen molar-refractivity contribution in [1.82, 2.24) is 0 Å². The molecule has 0 unspecified atom stereocenters. The van der Waals surface area contributed by atoms with Gasteiger partial charge in [0.15, 0.2) is 0 Å². The van der Waals surface area contributed by atoms with Crippen LogP contribution in [-0.2, 0) is 38.6 Å². The quantitative estimate of drug-likeness (QED) is 0.267. The Bertz CT molecular complexity index is 812. The van der Waals surface area contributed by atoms with Gasteiger partial charge in [0.2, 0.25) is 0 Å². The van der Waals surface area contributed by atoms with Crippen molar-refractivity contribution < 1.29 is 62.8 Å². The van der Waals surface area contributed by atoms with Crippen LogP contribution in [0.1, 0.15) is 24.0 Å². The molecule has 0 heterocycles. The number of aromatic hydroxyl groups is 2. The van der Waals surface area contributed by atoms with E-state index in [2.05, 4.69) is 24.3 Å². The third kappa shape index (κ3) is 14.3. The van der Waals surface area contributed by atoms with Gasteiger partial charge in [-0.2, -0.15) is 38.5 Å². The molecule has 0 saturated heterocycles. The molecule has 174 valence electrons. The number of benzene rings is 2. The molecule has 0 saturated carbocycles. The molecule has 2 aromatic rings. The van der Waals surface area contributed by atoms with Crippen LogP contribution in [0.3, 0.4) is 0 Å². The molecule has 0 radical (unpaired) electrons. The van der Waals surface area contributed by atoms with Crippen LogP contribution in [0.2, 0.25) is 0 Å². The number of phenols is 2. The molecular formula is C24H20F6O2Zr. The fourth-order valence-electron chi connectivity index (χ4n) is 1.98. The fourth-order valence-corrected chi connectivity index (χ4v) is 1.98. The van der Waals surface area contributed by atoms with E-state index in [0.29, 0.717) is 0 Å². The van der Waals surface area contributed by atoms with E-state index in [4.69, 9.17) is 10.2 Å². The average Bonchev–Trinajstić information content (AvgIpc) is 3.47. The Morgan fingerprint density at radius 2 is 0.879 bits per heavy atom. The molecule has 4 rings (SSSR count). The zero-order valence-corrected chi connectivity index (χ0v) is 19.6. The number of alkyl halides is 6. The number of hydrogen-bond acceptors (Lipinski definition) is 2. The first-order chi connectivity index (χ1) is 15.0. The van der Waals surface area contributed by atoms with Crippen molar-refractivity contribution in [3.05, 3.63) is 108 Å². The van der Waals surface area contributed by atoms with E-state index in [-0.39, 0.29) is 37.7 Å². The molecule has 0 bridgehead atoms. The maximum Gasteiger partial charge on any atom is 2.00 e. The van der Waals surface area contributed by atoms with Gasteiger partial charge in [0.1, 0.15) is 11.5 Å². The molecule has 0 fully saturated rings. The second-order valence-electron chi connectivity index (χ2n) is 6.10. The van der Waals surface area contributed by atoms with Gasteiger partial charge in [-0.05, 0) is 48.5 Å². The monoisotopic (exact) mass is 544 g/mol. The van der Waals surface area contributed by atoms with Crippen LogP contribution >= 0.6 is 0 Å². The largest absolute Gasteiger partial charge is 2.00 e. The summed E-state index contributed by atoms with van der Waals surface area (Å²) in [4.78, 5) is 0. The summed E-state index contributed by atoms with van der Waals surface area (Å²) >= 11 is 0. The molecule has 2 aliphatic rings. The van der Waals surface area contributed by atoms with E-state index < -0.39 is 23.5 Å². The van der Waals surface area contributed by atoms with Crippen LogP contribution in [0.4, 0.5) is 26.3 Å². The second-order valence-corrected chi connectivity index (χ2v) is 6.10. The summed E-state index contributed by atoms with van der Waals surface area (Å²) in [6, 6.07) is 7.33. The van der Waals surface area contributed by atoms with Gasteiger partial charge >= 0.3 is 38.6 Å². The summed E-state index contributed by atoms with van der Waals surface area (Å²) < 4.78 is 71.0. The van der Waals surface area contributed by atoms with Crippen LogP contribution in [-0.4, -0.2) is 10.2 Å².